The third kappa shape index (κ3) is 5.40. The van der Waals surface area contributed by atoms with Crippen LogP contribution in [0.15, 0.2) is 0 Å². The van der Waals surface area contributed by atoms with Crippen LogP contribution in [0.25, 0.3) is 0 Å². The van der Waals surface area contributed by atoms with E-state index in [0.29, 0.717) is 6.54 Å². The lowest BCUT2D eigenvalue weighted by atomic mass is 9.95. The monoisotopic (exact) mass is 214 g/mol. The summed E-state index contributed by atoms with van der Waals surface area (Å²) in [5.74, 6) is -0.119. The van der Waals surface area contributed by atoms with Crippen LogP contribution in [0.4, 0.5) is 0 Å². The molecule has 88 valence electrons. The third-order valence-electron chi connectivity index (χ3n) is 1.94. The second-order valence-corrected chi connectivity index (χ2v) is 4.76. The highest BCUT2D eigenvalue weighted by Gasteiger charge is 2.25. The Morgan fingerprint density at radius 3 is 2.20 bits per heavy atom. The average Bonchev–Trinajstić information content (AvgIpc) is 2.11. The summed E-state index contributed by atoms with van der Waals surface area (Å²) in [5.41, 5.74) is -0.431. The van der Waals surface area contributed by atoms with Crippen molar-refractivity contribution in [1.82, 2.24) is 10.2 Å². The van der Waals surface area contributed by atoms with Gasteiger partial charge in [-0.05, 0) is 6.42 Å². The third-order valence-corrected chi connectivity index (χ3v) is 1.94. The summed E-state index contributed by atoms with van der Waals surface area (Å²) >= 11 is 0. The molecule has 0 unspecified atom stereocenters. The smallest absolute Gasteiger partial charge is 0.239 e. The molecule has 0 radical (unpaired) electrons. The van der Waals surface area contributed by atoms with Gasteiger partial charge in [0.25, 0.3) is 0 Å². The molecule has 2 amide bonds. The van der Waals surface area contributed by atoms with Crippen molar-refractivity contribution in [3.63, 3.8) is 0 Å². The summed E-state index contributed by atoms with van der Waals surface area (Å²) in [6.07, 6.45) is 0.905. The van der Waals surface area contributed by atoms with Gasteiger partial charge in [-0.15, -0.1) is 0 Å². The average molecular weight is 214 g/mol. The lowest BCUT2D eigenvalue weighted by molar-refractivity contribution is -0.141. The summed E-state index contributed by atoms with van der Waals surface area (Å²) in [7, 11) is 1.65. The van der Waals surface area contributed by atoms with E-state index in [-0.39, 0.29) is 18.4 Å². The quantitative estimate of drug-likeness (QED) is 0.759. The van der Waals surface area contributed by atoms with Gasteiger partial charge in [-0.3, -0.25) is 9.59 Å². The van der Waals surface area contributed by atoms with E-state index < -0.39 is 5.41 Å². The van der Waals surface area contributed by atoms with Gasteiger partial charge < -0.3 is 10.2 Å². The highest BCUT2D eigenvalue weighted by molar-refractivity contribution is 5.87. The Kier molecular flexibility index (Phi) is 5.33. The van der Waals surface area contributed by atoms with Gasteiger partial charge in [0.05, 0.1) is 6.54 Å². The van der Waals surface area contributed by atoms with Crippen molar-refractivity contribution < 1.29 is 9.59 Å². The zero-order valence-corrected chi connectivity index (χ0v) is 10.4. The van der Waals surface area contributed by atoms with Gasteiger partial charge in [0, 0.05) is 19.0 Å². The number of hydrogen-bond acceptors (Lipinski definition) is 2. The van der Waals surface area contributed by atoms with Crippen LogP contribution in [-0.2, 0) is 9.59 Å². The summed E-state index contributed by atoms with van der Waals surface area (Å²) in [6, 6.07) is 0. The second kappa shape index (κ2) is 5.73. The number of hydrogen-bond donors (Lipinski definition) is 1. The predicted octanol–water partition coefficient (Wildman–Crippen LogP) is 1.02. The lowest BCUT2D eigenvalue weighted by Crippen LogP contribution is -2.43. The minimum atomic E-state index is -0.431. The fourth-order valence-electron chi connectivity index (χ4n) is 1.18. The van der Waals surface area contributed by atoms with Gasteiger partial charge in [-0.1, -0.05) is 27.7 Å². The molecule has 0 saturated heterocycles. The van der Waals surface area contributed by atoms with Crippen molar-refractivity contribution in [2.75, 3.05) is 20.1 Å². The van der Waals surface area contributed by atoms with E-state index in [1.54, 1.807) is 7.05 Å². The van der Waals surface area contributed by atoms with Crippen LogP contribution in [-0.4, -0.2) is 36.9 Å². The van der Waals surface area contributed by atoms with Crippen molar-refractivity contribution in [2.24, 2.45) is 5.41 Å². The van der Waals surface area contributed by atoms with Crippen molar-refractivity contribution in [2.45, 2.75) is 34.1 Å². The van der Waals surface area contributed by atoms with Crippen LogP contribution in [0.5, 0.6) is 0 Å². The SMILES string of the molecule is CCCNC(=O)CN(C)C(=O)C(C)(C)C. The van der Waals surface area contributed by atoms with Crippen LogP contribution in [0.2, 0.25) is 0 Å². The Morgan fingerprint density at radius 2 is 1.80 bits per heavy atom. The largest absolute Gasteiger partial charge is 0.355 e. The van der Waals surface area contributed by atoms with Crippen molar-refractivity contribution in [1.29, 1.82) is 0 Å². The molecule has 1 N–H and O–H groups in total. The molecule has 0 spiro atoms. The van der Waals surface area contributed by atoms with E-state index in [4.69, 9.17) is 0 Å². The van der Waals surface area contributed by atoms with Crippen LogP contribution in [0.3, 0.4) is 0 Å². The fraction of sp³-hybridized carbons (Fsp3) is 0.818. The van der Waals surface area contributed by atoms with Gasteiger partial charge in [-0.2, -0.15) is 0 Å². The molecular weight excluding hydrogens is 192 g/mol. The molecule has 0 fully saturated rings. The summed E-state index contributed by atoms with van der Waals surface area (Å²) in [4.78, 5) is 24.5. The topological polar surface area (TPSA) is 49.4 Å². The first kappa shape index (κ1) is 13.9. The lowest BCUT2D eigenvalue weighted by Gasteiger charge is -2.25. The summed E-state index contributed by atoms with van der Waals surface area (Å²) < 4.78 is 0. The number of carbonyl (C=O) groups is 2. The molecule has 0 aromatic carbocycles. The fourth-order valence-corrected chi connectivity index (χ4v) is 1.18. The highest BCUT2D eigenvalue weighted by atomic mass is 16.2. The van der Waals surface area contributed by atoms with E-state index in [1.165, 1.54) is 4.90 Å². The molecule has 4 heteroatoms. The molecule has 0 aliphatic rings. The number of rotatable bonds is 4. The van der Waals surface area contributed by atoms with Crippen molar-refractivity contribution in [3.8, 4) is 0 Å². The number of nitrogens with one attached hydrogen (secondary N) is 1. The zero-order chi connectivity index (χ0) is 12.1. The van der Waals surface area contributed by atoms with E-state index in [0.717, 1.165) is 6.42 Å². The molecule has 15 heavy (non-hydrogen) atoms. The van der Waals surface area contributed by atoms with Gasteiger partial charge in [0.2, 0.25) is 11.8 Å². The molecule has 0 saturated carbocycles. The molecule has 0 heterocycles. The first-order valence-corrected chi connectivity index (χ1v) is 5.31. The minimum absolute atomic E-state index is 0.0193. The molecule has 0 aliphatic heterocycles. The standard InChI is InChI=1S/C11H22N2O2/c1-6-7-12-9(14)8-13(5)10(15)11(2,3)4/h6-8H2,1-5H3,(H,12,14). The van der Waals surface area contributed by atoms with Gasteiger partial charge in [0.15, 0.2) is 0 Å². The maximum absolute atomic E-state index is 11.7. The highest BCUT2D eigenvalue weighted by Crippen LogP contribution is 2.15. The van der Waals surface area contributed by atoms with Crippen molar-refractivity contribution >= 4 is 11.8 Å². The van der Waals surface area contributed by atoms with Crippen LogP contribution in [0, 0.1) is 5.41 Å². The molecule has 0 aliphatic carbocycles. The van der Waals surface area contributed by atoms with E-state index in [1.807, 2.05) is 27.7 Å². The first-order valence-electron chi connectivity index (χ1n) is 5.31. The zero-order valence-electron chi connectivity index (χ0n) is 10.4. The number of amides is 2. The maximum Gasteiger partial charge on any atom is 0.239 e. The minimum Gasteiger partial charge on any atom is -0.355 e. The molecule has 0 rings (SSSR count). The molecule has 4 nitrogen and oxygen atoms in total. The van der Waals surface area contributed by atoms with Crippen LogP contribution in [0.1, 0.15) is 34.1 Å². The second-order valence-electron chi connectivity index (χ2n) is 4.76. The Bertz CT molecular complexity index is 231. The Morgan fingerprint density at radius 1 is 1.27 bits per heavy atom. The molecule has 0 atom stereocenters. The molecule has 0 aromatic heterocycles. The first-order chi connectivity index (χ1) is 6.79. The Hall–Kier alpha value is -1.06. The van der Waals surface area contributed by atoms with Gasteiger partial charge in [-0.25, -0.2) is 0 Å². The Balaban J connectivity index is 4.08. The predicted molar refractivity (Wildman–Crippen MR) is 60.4 cm³/mol. The van der Waals surface area contributed by atoms with Gasteiger partial charge in [0.1, 0.15) is 0 Å². The molecular formula is C11H22N2O2. The summed E-state index contributed by atoms with van der Waals surface area (Å²) in [5, 5.41) is 2.74. The van der Waals surface area contributed by atoms with E-state index >= 15 is 0 Å². The van der Waals surface area contributed by atoms with E-state index in [9.17, 15) is 9.59 Å². The number of likely N-dealkylation sites (N-methyl/N-ethyl adjacent to an activating group) is 1. The van der Waals surface area contributed by atoms with E-state index in [2.05, 4.69) is 5.32 Å². The number of carbonyl (C=O) groups excluding carboxylic acids is 2. The van der Waals surface area contributed by atoms with Crippen LogP contribution < -0.4 is 5.32 Å². The molecule has 0 aromatic rings. The normalized spacial score (nSPS) is 11.0. The van der Waals surface area contributed by atoms with Crippen LogP contribution >= 0.6 is 0 Å². The van der Waals surface area contributed by atoms with Crippen molar-refractivity contribution in [3.05, 3.63) is 0 Å². The van der Waals surface area contributed by atoms with Gasteiger partial charge >= 0.3 is 0 Å². The maximum atomic E-state index is 11.7. The summed E-state index contributed by atoms with van der Waals surface area (Å²) in [6.45, 7) is 8.32. The Labute approximate surface area is 92.0 Å². The molecule has 0 bridgehead atoms. The number of nitrogens with zero attached hydrogens (tertiary/aromatic N) is 1.